The molecule has 2 fully saturated rings. The Morgan fingerprint density at radius 1 is 1.32 bits per heavy atom. The molecule has 0 atom stereocenters. The van der Waals surface area contributed by atoms with Gasteiger partial charge in [0.1, 0.15) is 5.75 Å². The highest BCUT2D eigenvalue weighted by Gasteiger charge is 2.33. The fourth-order valence-electron chi connectivity index (χ4n) is 2.59. The Morgan fingerprint density at radius 2 is 2.00 bits per heavy atom. The standard InChI is InChI=1S/C15H22N2O2/c1-17-8-6-15(18,7-9-17)11-2-5-14(13(16)10-11)19-12-3-4-12/h2,5,10,12,18H,3-4,6-9,16H2,1H3. The third kappa shape index (κ3) is 2.69. The zero-order valence-electron chi connectivity index (χ0n) is 11.4. The van der Waals surface area contributed by atoms with Gasteiger partial charge in [-0.1, -0.05) is 6.07 Å². The van der Waals surface area contributed by atoms with Crippen LogP contribution in [0, 0.1) is 0 Å². The number of hydrogen-bond donors (Lipinski definition) is 2. The largest absolute Gasteiger partial charge is 0.488 e. The zero-order chi connectivity index (χ0) is 13.5. The number of piperidine rings is 1. The van der Waals surface area contributed by atoms with Crippen molar-refractivity contribution in [1.29, 1.82) is 0 Å². The lowest BCUT2D eigenvalue weighted by molar-refractivity contribution is -0.0202. The molecule has 104 valence electrons. The van der Waals surface area contributed by atoms with Gasteiger partial charge < -0.3 is 20.5 Å². The van der Waals surface area contributed by atoms with Gasteiger partial charge in [-0.05, 0) is 50.4 Å². The molecule has 1 aromatic carbocycles. The normalized spacial score (nSPS) is 23.3. The van der Waals surface area contributed by atoms with Crippen LogP contribution in [0.5, 0.6) is 5.75 Å². The SMILES string of the molecule is CN1CCC(O)(c2ccc(OC3CC3)c(N)c2)CC1. The van der Waals surface area contributed by atoms with Gasteiger partial charge in [0.2, 0.25) is 0 Å². The molecule has 1 saturated heterocycles. The van der Waals surface area contributed by atoms with Gasteiger partial charge in [0.05, 0.1) is 17.4 Å². The van der Waals surface area contributed by atoms with Gasteiger partial charge in [-0.3, -0.25) is 0 Å². The molecule has 3 rings (SSSR count). The Bertz CT molecular complexity index is 463. The number of nitrogen functional groups attached to an aromatic ring is 1. The predicted octanol–water partition coefficient (Wildman–Crippen LogP) is 1.72. The van der Waals surface area contributed by atoms with Crippen LogP contribution in [0.15, 0.2) is 18.2 Å². The lowest BCUT2D eigenvalue weighted by Crippen LogP contribution is -2.40. The molecule has 19 heavy (non-hydrogen) atoms. The maximum absolute atomic E-state index is 10.7. The van der Waals surface area contributed by atoms with E-state index in [2.05, 4.69) is 11.9 Å². The minimum Gasteiger partial charge on any atom is -0.488 e. The van der Waals surface area contributed by atoms with E-state index in [4.69, 9.17) is 10.5 Å². The summed E-state index contributed by atoms with van der Waals surface area (Å²) in [4.78, 5) is 2.24. The molecule has 1 aliphatic heterocycles. The van der Waals surface area contributed by atoms with Crippen molar-refractivity contribution >= 4 is 5.69 Å². The van der Waals surface area contributed by atoms with E-state index in [0.29, 0.717) is 11.8 Å². The third-order valence-corrected chi connectivity index (χ3v) is 4.18. The van der Waals surface area contributed by atoms with Crippen LogP contribution >= 0.6 is 0 Å². The van der Waals surface area contributed by atoms with Crippen molar-refractivity contribution < 1.29 is 9.84 Å². The average molecular weight is 262 g/mol. The summed E-state index contributed by atoms with van der Waals surface area (Å²) in [6, 6.07) is 5.74. The Balaban J connectivity index is 1.78. The van der Waals surface area contributed by atoms with Crippen molar-refractivity contribution in [2.24, 2.45) is 0 Å². The third-order valence-electron chi connectivity index (χ3n) is 4.18. The summed E-state index contributed by atoms with van der Waals surface area (Å²) in [6.07, 6.45) is 4.10. The molecule has 4 heteroatoms. The van der Waals surface area contributed by atoms with Crippen LogP contribution in [0.1, 0.15) is 31.2 Å². The molecule has 0 spiro atoms. The lowest BCUT2D eigenvalue weighted by Gasteiger charge is -2.37. The first kappa shape index (κ1) is 12.8. The summed E-state index contributed by atoms with van der Waals surface area (Å²) in [5.74, 6) is 0.753. The van der Waals surface area contributed by atoms with Crippen molar-refractivity contribution in [3.05, 3.63) is 23.8 Å². The molecule has 1 saturated carbocycles. The van der Waals surface area contributed by atoms with E-state index in [1.807, 2.05) is 18.2 Å². The molecule has 0 aromatic heterocycles. The molecule has 0 unspecified atom stereocenters. The Hall–Kier alpha value is -1.26. The smallest absolute Gasteiger partial charge is 0.142 e. The minimum absolute atomic E-state index is 0.347. The summed E-state index contributed by atoms with van der Waals surface area (Å²) in [6.45, 7) is 1.83. The van der Waals surface area contributed by atoms with E-state index < -0.39 is 5.60 Å². The second-order valence-electron chi connectivity index (χ2n) is 5.90. The molecule has 0 bridgehead atoms. The number of likely N-dealkylation sites (tertiary alicyclic amines) is 1. The van der Waals surface area contributed by atoms with Crippen LogP contribution < -0.4 is 10.5 Å². The average Bonchev–Trinajstić information content (AvgIpc) is 3.20. The van der Waals surface area contributed by atoms with Crippen molar-refractivity contribution in [3.63, 3.8) is 0 Å². The monoisotopic (exact) mass is 262 g/mol. The van der Waals surface area contributed by atoms with E-state index in [0.717, 1.165) is 50.1 Å². The fraction of sp³-hybridized carbons (Fsp3) is 0.600. The van der Waals surface area contributed by atoms with Gasteiger partial charge in [-0.25, -0.2) is 0 Å². The number of hydrogen-bond acceptors (Lipinski definition) is 4. The summed E-state index contributed by atoms with van der Waals surface area (Å²) in [5.41, 5.74) is 6.86. The number of anilines is 1. The van der Waals surface area contributed by atoms with Crippen molar-refractivity contribution in [2.45, 2.75) is 37.4 Å². The maximum atomic E-state index is 10.7. The molecule has 1 heterocycles. The van der Waals surface area contributed by atoms with Crippen LogP contribution in [0.25, 0.3) is 0 Å². The first-order valence-electron chi connectivity index (χ1n) is 7.04. The van der Waals surface area contributed by atoms with E-state index in [1.165, 1.54) is 0 Å². The van der Waals surface area contributed by atoms with Gasteiger partial charge in [0, 0.05) is 13.1 Å². The van der Waals surface area contributed by atoms with E-state index >= 15 is 0 Å². The van der Waals surface area contributed by atoms with Crippen LogP contribution in [-0.2, 0) is 5.60 Å². The highest BCUT2D eigenvalue weighted by Crippen LogP contribution is 2.37. The summed E-state index contributed by atoms with van der Waals surface area (Å²) in [5, 5.41) is 10.7. The van der Waals surface area contributed by atoms with Crippen LogP contribution in [-0.4, -0.2) is 36.2 Å². The summed E-state index contributed by atoms with van der Waals surface area (Å²) < 4.78 is 5.73. The van der Waals surface area contributed by atoms with Gasteiger partial charge in [-0.2, -0.15) is 0 Å². The Labute approximate surface area is 114 Å². The van der Waals surface area contributed by atoms with E-state index in [-0.39, 0.29) is 0 Å². The second-order valence-corrected chi connectivity index (χ2v) is 5.90. The molecule has 3 N–H and O–H groups in total. The molecular formula is C15H22N2O2. The van der Waals surface area contributed by atoms with Gasteiger partial charge in [-0.15, -0.1) is 0 Å². The second kappa shape index (κ2) is 4.69. The first-order valence-corrected chi connectivity index (χ1v) is 7.04. The highest BCUT2D eigenvalue weighted by atomic mass is 16.5. The number of nitrogens with zero attached hydrogens (tertiary/aromatic N) is 1. The molecule has 0 amide bonds. The van der Waals surface area contributed by atoms with Crippen molar-refractivity contribution in [1.82, 2.24) is 4.90 Å². The molecule has 0 radical (unpaired) electrons. The fourth-order valence-corrected chi connectivity index (χ4v) is 2.59. The zero-order valence-corrected chi connectivity index (χ0v) is 11.4. The van der Waals surface area contributed by atoms with E-state index in [1.54, 1.807) is 0 Å². The summed E-state index contributed by atoms with van der Waals surface area (Å²) in [7, 11) is 2.08. The highest BCUT2D eigenvalue weighted by molar-refractivity contribution is 5.55. The molecular weight excluding hydrogens is 240 g/mol. The van der Waals surface area contributed by atoms with Crippen molar-refractivity contribution in [3.8, 4) is 5.75 Å². The maximum Gasteiger partial charge on any atom is 0.142 e. The number of benzene rings is 1. The van der Waals surface area contributed by atoms with Crippen LogP contribution in [0.4, 0.5) is 5.69 Å². The summed E-state index contributed by atoms with van der Waals surface area (Å²) >= 11 is 0. The molecule has 2 aliphatic rings. The lowest BCUT2D eigenvalue weighted by atomic mass is 9.84. The number of rotatable bonds is 3. The van der Waals surface area contributed by atoms with Crippen LogP contribution in [0.3, 0.4) is 0 Å². The topological polar surface area (TPSA) is 58.7 Å². The van der Waals surface area contributed by atoms with Gasteiger partial charge in [0.25, 0.3) is 0 Å². The molecule has 1 aliphatic carbocycles. The number of nitrogens with two attached hydrogens (primary N) is 1. The van der Waals surface area contributed by atoms with E-state index in [9.17, 15) is 5.11 Å². The van der Waals surface area contributed by atoms with Crippen LogP contribution in [0.2, 0.25) is 0 Å². The molecule has 4 nitrogen and oxygen atoms in total. The predicted molar refractivity (Wildman–Crippen MR) is 75.1 cm³/mol. The molecule has 1 aromatic rings. The number of aliphatic hydroxyl groups is 1. The first-order chi connectivity index (χ1) is 9.07. The van der Waals surface area contributed by atoms with Crippen molar-refractivity contribution in [2.75, 3.05) is 25.9 Å². The number of ether oxygens (including phenoxy) is 1. The Kier molecular flexibility index (Phi) is 3.15. The minimum atomic E-state index is -0.737. The van der Waals surface area contributed by atoms with Gasteiger partial charge >= 0.3 is 0 Å². The Morgan fingerprint density at radius 3 is 2.58 bits per heavy atom. The van der Waals surface area contributed by atoms with Gasteiger partial charge in [0.15, 0.2) is 0 Å². The quantitative estimate of drug-likeness (QED) is 0.814.